The van der Waals surface area contributed by atoms with E-state index < -0.39 is 11.9 Å². The summed E-state index contributed by atoms with van der Waals surface area (Å²) in [4.78, 5) is 21.8. The molecular formula is C13H22N2O4. The lowest BCUT2D eigenvalue weighted by Crippen LogP contribution is -2.50. The number of piperazine rings is 1. The summed E-state index contributed by atoms with van der Waals surface area (Å²) < 4.78 is 0. The van der Waals surface area contributed by atoms with Crippen LogP contribution in [0.15, 0.2) is 12.2 Å². The Morgan fingerprint density at radius 1 is 1.05 bits per heavy atom. The molecule has 0 spiro atoms. The Kier molecular flexibility index (Phi) is 7.14. The Morgan fingerprint density at radius 3 is 2.37 bits per heavy atom. The van der Waals surface area contributed by atoms with Gasteiger partial charge in [-0.2, -0.15) is 0 Å². The second-order valence-electron chi connectivity index (χ2n) is 4.75. The van der Waals surface area contributed by atoms with Crippen LogP contribution in [0.2, 0.25) is 0 Å². The molecule has 0 amide bonds. The van der Waals surface area contributed by atoms with Gasteiger partial charge in [-0.15, -0.1) is 0 Å². The lowest BCUT2D eigenvalue weighted by Gasteiger charge is -2.34. The van der Waals surface area contributed by atoms with Crippen molar-refractivity contribution in [2.45, 2.75) is 31.7 Å². The number of aliphatic carboxylic acids is 2. The summed E-state index contributed by atoms with van der Waals surface area (Å²) in [6, 6.07) is 0.867. The van der Waals surface area contributed by atoms with E-state index in [-0.39, 0.29) is 0 Å². The lowest BCUT2D eigenvalue weighted by molar-refractivity contribution is -0.134. The fraction of sp³-hybridized carbons (Fsp3) is 0.692. The minimum atomic E-state index is -1.26. The van der Waals surface area contributed by atoms with Gasteiger partial charge >= 0.3 is 11.9 Å². The summed E-state index contributed by atoms with van der Waals surface area (Å²) in [5.41, 5.74) is 0. The maximum atomic E-state index is 9.55. The van der Waals surface area contributed by atoms with E-state index in [0.717, 1.165) is 6.04 Å². The molecule has 2 aliphatic heterocycles. The van der Waals surface area contributed by atoms with Gasteiger partial charge in [0.25, 0.3) is 0 Å². The number of carboxylic acid groups (broad SMARTS) is 2. The molecule has 0 radical (unpaired) electrons. The van der Waals surface area contributed by atoms with Gasteiger partial charge in [-0.05, 0) is 19.4 Å². The summed E-state index contributed by atoms with van der Waals surface area (Å²) >= 11 is 0. The van der Waals surface area contributed by atoms with E-state index >= 15 is 0 Å². The van der Waals surface area contributed by atoms with Crippen molar-refractivity contribution in [3.8, 4) is 0 Å². The summed E-state index contributed by atoms with van der Waals surface area (Å²) in [5, 5.41) is 19.1. The zero-order valence-corrected chi connectivity index (χ0v) is 11.0. The molecule has 1 atom stereocenters. The first-order valence-electron chi connectivity index (χ1n) is 6.68. The molecule has 6 heteroatoms. The standard InChI is InChI=1S/C9H18N2.C4H4O4/c1-2-4-9-8-10-5-7-11(9)6-3-1;5-3(6)1-2-4(7)8/h9-10H,1-8H2;1-2H,(H,5,6)(H,7,8). The number of carboxylic acids is 2. The molecule has 19 heavy (non-hydrogen) atoms. The van der Waals surface area contributed by atoms with E-state index in [1.807, 2.05) is 0 Å². The first kappa shape index (κ1) is 15.7. The highest BCUT2D eigenvalue weighted by Crippen LogP contribution is 2.17. The van der Waals surface area contributed by atoms with Crippen molar-refractivity contribution in [3.05, 3.63) is 12.2 Å². The highest BCUT2D eigenvalue weighted by molar-refractivity contribution is 5.89. The van der Waals surface area contributed by atoms with Crippen molar-refractivity contribution < 1.29 is 19.8 Å². The van der Waals surface area contributed by atoms with Crippen molar-refractivity contribution in [3.63, 3.8) is 0 Å². The fourth-order valence-electron chi connectivity index (χ4n) is 2.40. The number of nitrogens with zero attached hydrogens (tertiary/aromatic N) is 1. The van der Waals surface area contributed by atoms with Crippen LogP contribution in [-0.2, 0) is 9.59 Å². The summed E-state index contributed by atoms with van der Waals surface area (Å²) in [5.74, 6) is -2.51. The van der Waals surface area contributed by atoms with E-state index in [1.165, 1.54) is 51.9 Å². The van der Waals surface area contributed by atoms with E-state index in [9.17, 15) is 9.59 Å². The van der Waals surface area contributed by atoms with Gasteiger partial charge < -0.3 is 15.5 Å². The molecule has 0 aromatic carbocycles. The molecule has 0 aromatic heterocycles. The summed E-state index contributed by atoms with van der Waals surface area (Å²) in [7, 11) is 0. The molecule has 2 rings (SSSR count). The Hall–Kier alpha value is -1.40. The highest BCUT2D eigenvalue weighted by atomic mass is 16.4. The quantitative estimate of drug-likeness (QED) is 0.635. The van der Waals surface area contributed by atoms with Crippen LogP contribution in [0.1, 0.15) is 25.7 Å². The second kappa shape index (κ2) is 8.66. The van der Waals surface area contributed by atoms with E-state index in [4.69, 9.17) is 10.2 Å². The molecule has 2 aliphatic rings. The largest absolute Gasteiger partial charge is 0.478 e. The van der Waals surface area contributed by atoms with Gasteiger partial charge in [-0.25, -0.2) is 9.59 Å². The maximum absolute atomic E-state index is 9.55. The lowest BCUT2D eigenvalue weighted by atomic mass is 10.1. The Morgan fingerprint density at radius 2 is 1.74 bits per heavy atom. The molecular weight excluding hydrogens is 248 g/mol. The molecule has 2 heterocycles. The Labute approximate surface area is 113 Å². The van der Waals surface area contributed by atoms with Crippen LogP contribution < -0.4 is 5.32 Å². The molecule has 0 aromatic rings. The minimum absolute atomic E-state index is 0.558. The number of hydrogen-bond donors (Lipinski definition) is 3. The van der Waals surface area contributed by atoms with Crippen LogP contribution in [0.4, 0.5) is 0 Å². The molecule has 0 aliphatic carbocycles. The van der Waals surface area contributed by atoms with Gasteiger partial charge in [0.05, 0.1) is 0 Å². The van der Waals surface area contributed by atoms with Gasteiger partial charge in [-0.3, -0.25) is 4.90 Å². The Balaban J connectivity index is 0.000000203. The molecule has 6 nitrogen and oxygen atoms in total. The molecule has 0 saturated carbocycles. The predicted molar refractivity (Wildman–Crippen MR) is 71.1 cm³/mol. The van der Waals surface area contributed by atoms with E-state index in [0.29, 0.717) is 12.2 Å². The van der Waals surface area contributed by atoms with Crippen molar-refractivity contribution in [2.75, 3.05) is 26.2 Å². The molecule has 0 bridgehead atoms. The third-order valence-corrected chi connectivity index (χ3v) is 3.32. The first-order valence-corrected chi connectivity index (χ1v) is 6.68. The average Bonchev–Trinajstić information content (AvgIpc) is 2.62. The SMILES string of the molecule is C1CCC2CNCCN2CC1.O=C(O)C=CC(=O)O. The molecule has 2 saturated heterocycles. The van der Waals surface area contributed by atoms with Crippen molar-refractivity contribution in [2.24, 2.45) is 0 Å². The van der Waals surface area contributed by atoms with Crippen LogP contribution in [0.25, 0.3) is 0 Å². The Bertz CT molecular complexity index is 301. The zero-order chi connectivity index (χ0) is 14.1. The van der Waals surface area contributed by atoms with Gasteiger partial charge in [0.2, 0.25) is 0 Å². The summed E-state index contributed by atoms with van der Waals surface area (Å²) in [6.45, 7) is 5.08. The molecule has 3 N–H and O–H groups in total. The van der Waals surface area contributed by atoms with E-state index in [1.54, 1.807) is 0 Å². The predicted octanol–water partition coefficient (Wildman–Crippen LogP) is 0.546. The third kappa shape index (κ3) is 6.93. The van der Waals surface area contributed by atoms with Crippen LogP contribution in [0, 0.1) is 0 Å². The van der Waals surface area contributed by atoms with Crippen molar-refractivity contribution >= 4 is 11.9 Å². The summed E-state index contributed by atoms with van der Waals surface area (Å²) in [6.07, 6.45) is 6.87. The smallest absolute Gasteiger partial charge is 0.328 e. The van der Waals surface area contributed by atoms with Gasteiger partial charge in [0.1, 0.15) is 0 Å². The second-order valence-corrected chi connectivity index (χ2v) is 4.75. The van der Waals surface area contributed by atoms with E-state index in [2.05, 4.69) is 10.2 Å². The monoisotopic (exact) mass is 270 g/mol. The number of nitrogens with one attached hydrogen (secondary N) is 1. The molecule has 1 unspecified atom stereocenters. The third-order valence-electron chi connectivity index (χ3n) is 3.32. The number of hydrogen-bond acceptors (Lipinski definition) is 4. The topological polar surface area (TPSA) is 89.9 Å². The van der Waals surface area contributed by atoms with Gasteiger partial charge in [0.15, 0.2) is 0 Å². The highest BCUT2D eigenvalue weighted by Gasteiger charge is 2.22. The number of fused-ring (bicyclic) bond motifs is 1. The van der Waals surface area contributed by atoms with Crippen LogP contribution >= 0.6 is 0 Å². The number of carbonyl (C=O) groups is 2. The maximum Gasteiger partial charge on any atom is 0.328 e. The van der Waals surface area contributed by atoms with Crippen LogP contribution in [0.3, 0.4) is 0 Å². The van der Waals surface area contributed by atoms with Crippen molar-refractivity contribution in [1.29, 1.82) is 0 Å². The van der Waals surface area contributed by atoms with Crippen LogP contribution in [0.5, 0.6) is 0 Å². The normalized spacial score (nSPS) is 23.9. The van der Waals surface area contributed by atoms with Crippen LogP contribution in [-0.4, -0.2) is 59.3 Å². The first-order chi connectivity index (χ1) is 9.09. The number of rotatable bonds is 2. The molecule has 108 valence electrons. The van der Waals surface area contributed by atoms with Gasteiger partial charge in [-0.1, -0.05) is 12.8 Å². The zero-order valence-electron chi connectivity index (χ0n) is 11.0. The average molecular weight is 270 g/mol. The fourth-order valence-corrected chi connectivity index (χ4v) is 2.40. The van der Waals surface area contributed by atoms with Crippen molar-refractivity contribution in [1.82, 2.24) is 10.2 Å². The van der Waals surface area contributed by atoms with Gasteiger partial charge in [0, 0.05) is 37.8 Å². The minimum Gasteiger partial charge on any atom is -0.478 e. The molecule has 2 fully saturated rings.